The van der Waals surface area contributed by atoms with Crippen molar-refractivity contribution in [1.29, 1.82) is 0 Å². The molecule has 0 radical (unpaired) electrons. The summed E-state index contributed by atoms with van der Waals surface area (Å²) < 4.78 is 5.12. The molecule has 0 aliphatic carbocycles. The van der Waals surface area contributed by atoms with E-state index in [4.69, 9.17) is 10.5 Å². The van der Waals surface area contributed by atoms with Gasteiger partial charge in [-0.3, -0.25) is 4.79 Å². The second-order valence-electron chi connectivity index (χ2n) is 4.64. The number of nitrogen functional groups attached to an aromatic ring is 1. The highest BCUT2D eigenvalue weighted by molar-refractivity contribution is 5.95. The Morgan fingerprint density at radius 1 is 1.47 bits per heavy atom. The fourth-order valence-electron chi connectivity index (χ4n) is 2.17. The van der Waals surface area contributed by atoms with E-state index in [0.29, 0.717) is 22.9 Å². The molecule has 1 atom stereocenters. The summed E-state index contributed by atoms with van der Waals surface area (Å²) in [6.07, 6.45) is 1.07. The first-order valence-corrected chi connectivity index (χ1v) is 5.84. The normalized spacial score (nSPS) is 19.4. The Hall–Kier alpha value is -1.71. The number of hydrogen-bond donors (Lipinski definition) is 1. The van der Waals surface area contributed by atoms with Gasteiger partial charge in [0.2, 0.25) is 0 Å². The zero-order valence-corrected chi connectivity index (χ0v) is 10.3. The molecule has 1 aromatic rings. The molecule has 1 saturated heterocycles. The van der Waals surface area contributed by atoms with Crippen LogP contribution in [-0.2, 0) is 0 Å². The Morgan fingerprint density at radius 3 is 2.82 bits per heavy atom. The number of carbonyl (C=O) groups excluding carboxylic acids is 1. The van der Waals surface area contributed by atoms with Crippen LogP contribution in [0.3, 0.4) is 0 Å². The second kappa shape index (κ2) is 4.65. The lowest BCUT2D eigenvalue weighted by Gasteiger charge is -2.16. The first kappa shape index (κ1) is 11.8. The van der Waals surface area contributed by atoms with Gasteiger partial charge in [-0.05, 0) is 24.5 Å². The Labute approximate surface area is 101 Å². The fourth-order valence-corrected chi connectivity index (χ4v) is 2.17. The molecule has 0 spiro atoms. The molecule has 1 unspecified atom stereocenters. The molecule has 1 aliphatic heterocycles. The van der Waals surface area contributed by atoms with Crippen molar-refractivity contribution in [2.75, 3.05) is 25.9 Å². The SMILES string of the molecule is COc1cc(N)cc(C(=O)N2CCC(C)C2)c1. The summed E-state index contributed by atoms with van der Waals surface area (Å²) >= 11 is 0. The number of amides is 1. The monoisotopic (exact) mass is 234 g/mol. The number of ether oxygens (including phenoxy) is 1. The summed E-state index contributed by atoms with van der Waals surface area (Å²) in [6.45, 7) is 3.82. The molecular formula is C13H18N2O2. The van der Waals surface area contributed by atoms with Gasteiger partial charge in [0.15, 0.2) is 0 Å². The summed E-state index contributed by atoms with van der Waals surface area (Å²) in [6, 6.07) is 5.15. The summed E-state index contributed by atoms with van der Waals surface area (Å²) in [7, 11) is 1.57. The first-order chi connectivity index (χ1) is 8.10. The lowest BCUT2D eigenvalue weighted by molar-refractivity contribution is 0.0788. The highest BCUT2D eigenvalue weighted by atomic mass is 16.5. The van der Waals surface area contributed by atoms with E-state index >= 15 is 0 Å². The van der Waals surface area contributed by atoms with E-state index < -0.39 is 0 Å². The standard InChI is InChI=1S/C13H18N2O2/c1-9-3-4-15(8-9)13(16)10-5-11(14)7-12(6-10)17-2/h5-7,9H,3-4,8,14H2,1-2H3. The number of methoxy groups -OCH3 is 1. The fraction of sp³-hybridized carbons (Fsp3) is 0.462. The quantitative estimate of drug-likeness (QED) is 0.793. The van der Waals surface area contributed by atoms with Gasteiger partial charge >= 0.3 is 0 Å². The van der Waals surface area contributed by atoms with Crippen LogP contribution in [0.15, 0.2) is 18.2 Å². The van der Waals surface area contributed by atoms with Crippen LogP contribution < -0.4 is 10.5 Å². The Morgan fingerprint density at radius 2 is 2.24 bits per heavy atom. The van der Waals surface area contributed by atoms with E-state index in [1.807, 2.05) is 4.90 Å². The van der Waals surface area contributed by atoms with Crippen LogP contribution in [0.5, 0.6) is 5.75 Å². The zero-order valence-electron chi connectivity index (χ0n) is 10.3. The van der Waals surface area contributed by atoms with E-state index in [2.05, 4.69) is 6.92 Å². The Bertz CT molecular complexity index is 431. The molecule has 0 bridgehead atoms. The van der Waals surface area contributed by atoms with Gasteiger partial charge in [-0.1, -0.05) is 6.92 Å². The minimum absolute atomic E-state index is 0.0416. The molecule has 1 aliphatic rings. The van der Waals surface area contributed by atoms with Gasteiger partial charge in [-0.2, -0.15) is 0 Å². The topological polar surface area (TPSA) is 55.6 Å². The zero-order chi connectivity index (χ0) is 12.4. The third kappa shape index (κ3) is 2.52. The maximum Gasteiger partial charge on any atom is 0.254 e. The summed E-state index contributed by atoms with van der Waals surface area (Å²) in [5, 5.41) is 0. The number of benzene rings is 1. The molecule has 0 saturated carbocycles. The number of anilines is 1. The van der Waals surface area contributed by atoms with Gasteiger partial charge in [0.05, 0.1) is 7.11 Å². The number of rotatable bonds is 2. The molecule has 1 aromatic carbocycles. The summed E-state index contributed by atoms with van der Waals surface area (Å²) in [5.41, 5.74) is 6.91. The molecule has 92 valence electrons. The molecule has 1 amide bonds. The number of hydrogen-bond acceptors (Lipinski definition) is 3. The van der Waals surface area contributed by atoms with Crippen molar-refractivity contribution < 1.29 is 9.53 Å². The largest absolute Gasteiger partial charge is 0.497 e. The summed E-state index contributed by atoms with van der Waals surface area (Å²) in [4.78, 5) is 14.1. The van der Waals surface area contributed by atoms with Crippen molar-refractivity contribution in [3.63, 3.8) is 0 Å². The Balaban J connectivity index is 2.21. The average molecular weight is 234 g/mol. The minimum Gasteiger partial charge on any atom is -0.497 e. The highest BCUT2D eigenvalue weighted by Crippen LogP contribution is 2.22. The maximum absolute atomic E-state index is 12.2. The van der Waals surface area contributed by atoms with Crippen molar-refractivity contribution in [3.05, 3.63) is 23.8 Å². The second-order valence-corrected chi connectivity index (χ2v) is 4.64. The van der Waals surface area contributed by atoms with Crippen LogP contribution in [0.1, 0.15) is 23.7 Å². The van der Waals surface area contributed by atoms with Gasteiger partial charge in [0, 0.05) is 30.4 Å². The van der Waals surface area contributed by atoms with Crippen LogP contribution in [0.2, 0.25) is 0 Å². The molecule has 2 rings (SSSR count). The molecule has 0 aromatic heterocycles. The molecule has 2 N–H and O–H groups in total. The van der Waals surface area contributed by atoms with Crippen LogP contribution >= 0.6 is 0 Å². The smallest absolute Gasteiger partial charge is 0.254 e. The number of nitrogens with zero attached hydrogens (tertiary/aromatic N) is 1. The highest BCUT2D eigenvalue weighted by Gasteiger charge is 2.24. The minimum atomic E-state index is 0.0416. The van der Waals surface area contributed by atoms with Crippen LogP contribution in [0.25, 0.3) is 0 Å². The molecular weight excluding hydrogens is 216 g/mol. The van der Waals surface area contributed by atoms with Crippen molar-refractivity contribution >= 4 is 11.6 Å². The predicted octanol–water partition coefficient (Wildman–Crippen LogP) is 1.76. The van der Waals surface area contributed by atoms with Crippen LogP contribution in [0.4, 0.5) is 5.69 Å². The van der Waals surface area contributed by atoms with E-state index in [-0.39, 0.29) is 5.91 Å². The van der Waals surface area contributed by atoms with Gasteiger partial charge in [0.1, 0.15) is 5.75 Å². The van der Waals surface area contributed by atoms with Crippen molar-refractivity contribution in [1.82, 2.24) is 4.90 Å². The van der Waals surface area contributed by atoms with Crippen molar-refractivity contribution in [3.8, 4) is 5.75 Å². The summed E-state index contributed by atoms with van der Waals surface area (Å²) in [5.74, 6) is 1.25. The maximum atomic E-state index is 12.2. The van der Waals surface area contributed by atoms with E-state index in [1.54, 1.807) is 25.3 Å². The molecule has 17 heavy (non-hydrogen) atoms. The first-order valence-electron chi connectivity index (χ1n) is 5.84. The molecule has 1 fully saturated rings. The van der Waals surface area contributed by atoms with Gasteiger partial charge < -0.3 is 15.4 Å². The number of carbonyl (C=O) groups is 1. The van der Waals surface area contributed by atoms with Gasteiger partial charge in [0.25, 0.3) is 5.91 Å². The number of likely N-dealkylation sites (tertiary alicyclic amines) is 1. The predicted molar refractivity (Wildman–Crippen MR) is 67.1 cm³/mol. The van der Waals surface area contributed by atoms with Crippen LogP contribution in [0, 0.1) is 5.92 Å². The average Bonchev–Trinajstić information content (AvgIpc) is 2.74. The third-order valence-electron chi connectivity index (χ3n) is 3.12. The Kier molecular flexibility index (Phi) is 3.22. The molecule has 4 nitrogen and oxygen atoms in total. The van der Waals surface area contributed by atoms with E-state index in [0.717, 1.165) is 19.5 Å². The van der Waals surface area contributed by atoms with Crippen molar-refractivity contribution in [2.45, 2.75) is 13.3 Å². The number of nitrogens with two attached hydrogens (primary N) is 1. The van der Waals surface area contributed by atoms with E-state index in [1.165, 1.54) is 0 Å². The van der Waals surface area contributed by atoms with Gasteiger partial charge in [-0.25, -0.2) is 0 Å². The molecule has 4 heteroatoms. The lowest BCUT2D eigenvalue weighted by atomic mass is 10.1. The molecule has 1 heterocycles. The third-order valence-corrected chi connectivity index (χ3v) is 3.12. The van der Waals surface area contributed by atoms with Gasteiger partial charge in [-0.15, -0.1) is 0 Å². The van der Waals surface area contributed by atoms with Crippen LogP contribution in [-0.4, -0.2) is 31.0 Å². The lowest BCUT2D eigenvalue weighted by Crippen LogP contribution is -2.28. The van der Waals surface area contributed by atoms with Crippen molar-refractivity contribution in [2.24, 2.45) is 5.92 Å². The van der Waals surface area contributed by atoms with E-state index in [9.17, 15) is 4.79 Å².